The van der Waals surface area contributed by atoms with E-state index in [1.54, 1.807) is 50.6 Å². The van der Waals surface area contributed by atoms with Crippen LogP contribution < -0.4 is 19.7 Å². The number of rotatable bonds is 7. The summed E-state index contributed by atoms with van der Waals surface area (Å²) in [6.07, 6.45) is 2.23. The highest BCUT2D eigenvalue weighted by Gasteiger charge is 2.52. The molecule has 1 saturated heterocycles. The zero-order chi connectivity index (χ0) is 27.9. The van der Waals surface area contributed by atoms with Crippen molar-refractivity contribution >= 4 is 34.6 Å². The molecule has 0 aromatic heterocycles. The molecule has 0 spiro atoms. The van der Waals surface area contributed by atoms with Crippen LogP contribution in [0.2, 0.25) is 5.02 Å². The molecule has 0 aliphatic carbocycles. The van der Waals surface area contributed by atoms with Gasteiger partial charge >= 0.3 is 5.97 Å². The maximum Gasteiger partial charge on any atom is 0.340 e. The van der Waals surface area contributed by atoms with Crippen LogP contribution in [0, 0.1) is 0 Å². The number of phenols is 1. The number of nitrogens with one attached hydrogen (secondary N) is 1. The van der Waals surface area contributed by atoms with Gasteiger partial charge in [0.05, 0.1) is 25.5 Å². The number of hydrogen-bond acceptors (Lipinski definition) is 7. The van der Waals surface area contributed by atoms with E-state index in [0.29, 0.717) is 44.5 Å². The number of cyclic esters (lactones) is 1. The third kappa shape index (κ3) is 4.27. The van der Waals surface area contributed by atoms with Gasteiger partial charge in [-0.15, -0.1) is 0 Å². The van der Waals surface area contributed by atoms with Crippen molar-refractivity contribution in [3.05, 3.63) is 106 Å². The molecule has 6 rings (SSSR count). The Morgan fingerprint density at radius 3 is 2.30 bits per heavy atom. The standard InChI is InChI=1S/C32H29ClN2O5/c1-38-29-19-30(39-2)27(34-21-11-9-20(33)10-12-21)18-26(29)32(24-8-4-3-7-23(24)31(37)40-32)25-14-13-22(17-28(25)36)35-15-5-6-16-35/h3-4,7-14,17-19,34,36H,5-6,15-16H2,1-2H3. The summed E-state index contributed by atoms with van der Waals surface area (Å²) in [6.45, 7) is 1.88. The van der Waals surface area contributed by atoms with Crippen LogP contribution in [0.25, 0.3) is 0 Å². The first kappa shape index (κ1) is 25.9. The predicted molar refractivity (Wildman–Crippen MR) is 156 cm³/mol. The average molecular weight is 557 g/mol. The van der Waals surface area contributed by atoms with Crippen LogP contribution in [-0.2, 0) is 10.3 Å². The smallest absolute Gasteiger partial charge is 0.340 e. The molecule has 2 heterocycles. The molecule has 2 aliphatic heterocycles. The predicted octanol–water partition coefficient (Wildman–Crippen LogP) is 6.87. The van der Waals surface area contributed by atoms with E-state index >= 15 is 0 Å². The third-order valence-electron chi connectivity index (χ3n) is 7.63. The first-order valence-electron chi connectivity index (χ1n) is 13.1. The van der Waals surface area contributed by atoms with E-state index in [-0.39, 0.29) is 5.75 Å². The quantitative estimate of drug-likeness (QED) is 0.240. The Morgan fingerprint density at radius 1 is 0.875 bits per heavy atom. The molecule has 0 amide bonds. The molecule has 1 fully saturated rings. The van der Waals surface area contributed by atoms with Gasteiger partial charge in [-0.2, -0.15) is 0 Å². The van der Waals surface area contributed by atoms with Gasteiger partial charge in [-0.3, -0.25) is 0 Å². The van der Waals surface area contributed by atoms with Crippen molar-refractivity contribution in [2.45, 2.75) is 18.4 Å². The molecule has 204 valence electrons. The van der Waals surface area contributed by atoms with Gasteiger partial charge in [0.2, 0.25) is 0 Å². The molecule has 2 N–H and O–H groups in total. The normalized spacial score (nSPS) is 17.9. The Kier molecular flexibility index (Phi) is 6.68. The number of anilines is 3. The van der Waals surface area contributed by atoms with Gasteiger partial charge in [0.1, 0.15) is 17.2 Å². The lowest BCUT2D eigenvalue weighted by Gasteiger charge is -2.33. The highest BCUT2D eigenvalue weighted by atomic mass is 35.5. The molecular weight excluding hydrogens is 528 g/mol. The number of fused-ring (bicyclic) bond motifs is 1. The number of nitrogens with zero attached hydrogens (tertiary/aromatic N) is 1. The number of hydrogen-bond donors (Lipinski definition) is 2. The summed E-state index contributed by atoms with van der Waals surface area (Å²) in [7, 11) is 3.13. The van der Waals surface area contributed by atoms with Gasteiger partial charge in [0, 0.05) is 58.3 Å². The number of methoxy groups -OCH3 is 2. The SMILES string of the molecule is COc1cc(OC)c(C2(c3ccc(N4CCCC4)cc3O)OC(=O)c3ccccc32)cc1Nc1ccc(Cl)cc1. The Labute approximate surface area is 237 Å². The molecule has 0 bridgehead atoms. The van der Waals surface area contributed by atoms with Crippen LogP contribution in [-0.4, -0.2) is 38.4 Å². The van der Waals surface area contributed by atoms with Gasteiger partial charge < -0.3 is 29.5 Å². The molecule has 0 saturated carbocycles. The number of benzene rings is 4. The zero-order valence-corrected chi connectivity index (χ0v) is 23.0. The fourth-order valence-corrected chi connectivity index (χ4v) is 5.84. The number of carbonyl (C=O) groups excluding carboxylic acids is 1. The van der Waals surface area contributed by atoms with Crippen molar-refractivity contribution in [1.29, 1.82) is 0 Å². The number of aromatic hydroxyl groups is 1. The van der Waals surface area contributed by atoms with Gasteiger partial charge in [0.15, 0.2) is 5.60 Å². The van der Waals surface area contributed by atoms with Crippen LogP contribution in [0.4, 0.5) is 17.1 Å². The lowest BCUT2D eigenvalue weighted by Crippen LogP contribution is -2.30. The Bertz CT molecular complexity index is 1580. The largest absolute Gasteiger partial charge is 0.507 e. The van der Waals surface area contributed by atoms with Crippen molar-refractivity contribution in [3.8, 4) is 17.2 Å². The van der Waals surface area contributed by atoms with Crippen LogP contribution in [0.3, 0.4) is 0 Å². The van der Waals surface area contributed by atoms with Crippen LogP contribution >= 0.6 is 11.6 Å². The lowest BCUT2D eigenvalue weighted by molar-refractivity contribution is 0.0239. The second kappa shape index (κ2) is 10.3. The van der Waals surface area contributed by atoms with E-state index in [1.807, 2.05) is 42.5 Å². The minimum absolute atomic E-state index is 0.0268. The van der Waals surface area contributed by atoms with Crippen LogP contribution in [0.15, 0.2) is 78.9 Å². The number of carbonyl (C=O) groups is 1. The minimum atomic E-state index is -1.48. The van der Waals surface area contributed by atoms with E-state index < -0.39 is 11.6 Å². The van der Waals surface area contributed by atoms with Gasteiger partial charge in [0.25, 0.3) is 0 Å². The van der Waals surface area contributed by atoms with E-state index in [4.69, 9.17) is 25.8 Å². The Balaban J connectivity index is 1.58. The lowest BCUT2D eigenvalue weighted by atomic mass is 9.78. The van der Waals surface area contributed by atoms with E-state index in [0.717, 1.165) is 37.3 Å². The second-order valence-corrected chi connectivity index (χ2v) is 10.3. The molecule has 2 aliphatic rings. The Morgan fingerprint density at radius 2 is 1.60 bits per heavy atom. The van der Waals surface area contributed by atoms with E-state index in [9.17, 15) is 9.90 Å². The zero-order valence-electron chi connectivity index (χ0n) is 22.2. The molecule has 7 nitrogen and oxygen atoms in total. The summed E-state index contributed by atoms with van der Waals surface area (Å²) in [6, 6.07) is 23.7. The fraction of sp³-hybridized carbons (Fsp3) is 0.219. The molecular formula is C32H29ClN2O5. The van der Waals surface area contributed by atoms with Crippen molar-refractivity contribution in [2.24, 2.45) is 0 Å². The molecule has 8 heteroatoms. The topological polar surface area (TPSA) is 80.3 Å². The summed E-state index contributed by atoms with van der Waals surface area (Å²) in [5.74, 6) is 0.505. The van der Waals surface area contributed by atoms with Crippen LogP contribution in [0.1, 0.15) is 39.9 Å². The average Bonchev–Trinajstić information content (AvgIpc) is 3.62. The van der Waals surface area contributed by atoms with E-state index in [1.165, 1.54) is 0 Å². The number of esters is 1. The summed E-state index contributed by atoms with van der Waals surface area (Å²) in [4.78, 5) is 15.6. The molecule has 1 atom stereocenters. The Hall–Kier alpha value is -4.36. The third-order valence-corrected chi connectivity index (χ3v) is 7.88. The van der Waals surface area contributed by atoms with Crippen LogP contribution in [0.5, 0.6) is 17.2 Å². The first-order chi connectivity index (χ1) is 19.4. The molecule has 4 aromatic carbocycles. The van der Waals surface area contributed by atoms with Gasteiger partial charge in [-0.05, 0) is 61.4 Å². The number of phenolic OH excluding ortho intramolecular Hbond substituents is 1. The minimum Gasteiger partial charge on any atom is -0.507 e. The fourth-order valence-electron chi connectivity index (χ4n) is 5.71. The molecule has 40 heavy (non-hydrogen) atoms. The molecule has 1 unspecified atom stereocenters. The maximum absolute atomic E-state index is 13.3. The van der Waals surface area contributed by atoms with Crippen molar-refractivity contribution in [3.63, 3.8) is 0 Å². The first-order valence-corrected chi connectivity index (χ1v) is 13.5. The summed E-state index contributed by atoms with van der Waals surface area (Å²) in [5, 5.41) is 15.5. The molecule has 0 radical (unpaired) electrons. The number of ether oxygens (including phenoxy) is 3. The highest BCUT2D eigenvalue weighted by molar-refractivity contribution is 6.30. The van der Waals surface area contributed by atoms with Crippen molar-refractivity contribution in [2.75, 3.05) is 37.5 Å². The second-order valence-electron chi connectivity index (χ2n) is 9.90. The summed E-state index contributed by atoms with van der Waals surface area (Å²) >= 11 is 6.10. The number of halogens is 1. The summed E-state index contributed by atoms with van der Waals surface area (Å²) < 4.78 is 17.8. The van der Waals surface area contributed by atoms with Gasteiger partial charge in [-0.1, -0.05) is 29.8 Å². The van der Waals surface area contributed by atoms with E-state index in [2.05, 4.69) is 10.2 Å². The molecule has 4 aromatic rings. The monoisotopic (exact) mass is 556 g/mol. The van der Waals surface area contributed by atoms with Crippen molar-refractivity contribution < 1.29 is 24.1 Å². The van der Waals surface area contributed by atoms with Crippen molar-refractivity contribution in [1.82, 2.24) is 0 Å². The highest BCUT2D eigenvalue weighted by Crippen LogP contribution is 2.54. The summed E-state index contributed by atoms with van der Waals surface area (Å²) in [5.41, 5.74) is 2.88. The van der Waals surface area contributed by atoms with Gasteiger partial charge in [-0.25, -0.2) is 4.79 Å². The maximum atomic E-state index is 13.3.